The molecular formula is C10H7NO5. The summed E-state index contributed by atoms with van der Waals surface area (Å²) in [6, 6.07) is 4.27. The van der Waals surface area contributed by atoms with E-state index in [-0.39, 0.29) is 28.0 Å². The lowest BCUT2D eigenvalue weighted by Crippen LogP contribution is -1.95. The van der Waals surface area contributed by atoms with Crippen LogP contribution in [-0.2, 0) is 0 Å². The Balaban J connectivity index is 2.87. The molecule has 1 aromatic carbocycles. The summed E-state index contributed by atoms with van der Waals surface area (Å²) in [6.45, 7) is 1.49. The Bertz CT molecular complexity index is 599. The number of non-ortho nitro benzene ring substituents is 1. The molecule has 0 aliphatic carbocycles. The lowest BCUT2D eigenvalue weighted by atomic mass is 10.1. The minimum atomic E-state index is -1.23. The molecular weight excluding hydrogens is 214 g/mol. The molecule has 1 N–H and O–H groups in total. The fourth-order valence-electron chi connectivity index (χ4n) is 1.64. The van der Waals surface area contributed by atoms with Gasteiger partial charge in [-0.05, 0) is 13.0 Å². The van der Waals surface area contributed by atoms with Crippen molar-refractivity contribution in [2.24, 2.45) is 0 Å². The second-order valence-electron chi connectivity index (χ2n) is 3.27. The summed E-state index contributed by atoms with van der Waals surface area (Å²) in [7, 11) is 0. The monoisotopic (exact) mass is 221 g/mol. The molecule has 0 atom stereocenters. The summed E-state index contributed by atoms with van der Waals surface area (Å²) >= 11 is 0. The number of carbonyl (C=O) groups is 1. The van der Waals surface area contributed by atoms with Gasteiger partial charge in [0.15, 0.2) is 0 Å². The number of hydrogen-bond acceptors (Lipinski definition) is 4. The molecule has 2 rings (SSSR count). The van der Waals surface area contributed by atoms with Crippen molar-refractivity contribution in [1.82, 2.24) is 0 Å². The number of nitro groups is 1. The molecule has 0 bridgehead atoms. The lowest BCUT2D eigenvalue weighted by Gasteiger charge is -1.93. The zero-order valence-corrected chi connectivity index (χ0v) is 8.26. The molecule has 0 aliphatic rings. The second-order valence-corrected chi connectivity index (χ2v) is 3.27. The van der Waals surface area contributed by atoms with Gasteiger partial charge < -0.3 is 9.52 Å². The van der Waals surface area contributed by atoms with Gasteiger partial charge in [-0.15, -0.1) is 0 Å². The Morgan fingerprint density at radius 1 is 1.50 bits per heavy atom. The molecule has 0 unspecified atom stereocenters. The second kappa shape index (κ2) is 3.34. The standard InChI is InChI=1S/C10H7NO5/c1-5-8-6(11(14)15)3-2-4-7(8)16-9(5)10(12)13/h2-4H,1H3,(H,12,13). The third-order valence-corrected chi connectivity index (χ3v) is 2.32. The highest BCUT2D eigenvalue weighted by molar-refractivity contribution is 5.98. The Kier molecular flexibility index (Phi) is 2.12. The first kappa shape index (κ1) is 10.2. The number of nitro benzene ring substituents is 1. The molecule has 6 nitrogen and oxygen atoms in total. The summed E-state index contributed by atoms with van der Waals surface area (Å²) < 4.78 is 5.05. The summed E-state index contributed by atoms with van der Waals surface area (Å²) in [6.07, 6.45) is 0. The number of fused-ring (bicyclic) bond motifs is 1. The molecule has 2 aromatic rings. The molecule has 0 radical (unpaired) electrons. The number of aromatic carboxylic acids is 1. The van der Waals surface area contributed by atoms with Crippen LogP contribution in [0.2, 0.25) is 0 Å². The number of carboxylic acid groups (broad SMARTS) is 1. The summed E-state index contributed by atoms with van der Waals surface area (Å²) in [4.78, 5) is 21.0. The van der Waals surface area contributed by atoms with E-state index in [1.165, 1.54) is 25.1 Å². The van der Waals surface area contributed by atoms with Gasteiger partial charge in [0.25, 0.3) is 5.69 Å². The van der Waals surface area contributed by atoms with Crippen LogP contribution in [-0.4, -0.2) is 16.0 Å². The predicted octanol–water partition coefficient (Wildman–Crippen LogP) is 2.35. The fourth-order valence-corrected chi connectivity index (χ4v) is 1.64. The SMILES string of the molecule is Cc1c(C(=O)O)oc2cccc([N+](=O)[O-])c12. The highest BCUT2D eigenvalue weighted by Gasteiger charge is 2.23. The van der Waals surface area contributed by atoms with E-state index in [1.54, 1.807) is 0 Å². The number of aryl methyl sites for hydroxylation is 1. The van der Waals surface area contributed by atoms with E-state index in [1.807, 2.05) is 0 Å². The molecule has 1 aromatic heterocycles. The van der Waals surface area contributed by atoms with Gasteiger partial charge in [0.05, 0.1) is 4.92 Å². The van der Waals surface area contributed by atoms with E-state index in [2.05, 4.69) is 0 Å². The molecule has 6 heteroatoms. The fraction of sp³-hybridized carbons (Fsp3) is 0.100. The Morgan fingerprint density at radius 2 is 2.19 bits per heavy atom. The van der Waals surface area contributed by atoms with Crippen LogP contribution in [0.25, 0.3) is 11.0 Å². The molecule has 16 heavy (non-hydrogen) atoms. The largest absolute Gasteiger partial charge is 0.475 e. The van der Waals surface area contributed by atoms with Crippen molar-refractivity contribution in [1.29, 1.82) is 0 Å². The molecule has 0 fully saturated rings. The summed E-state index contributed by atoms with van der Waals surface area (Å²) in [5.74, 6) is -1.49. The average molecular weight is 221 g/mol. The van der Waals surface area contributed by atoms with Crippen LogP contribution in [0, 0.1) is 17.0 Å². The number of furan rings is 1. The quantitative estimate of drug-likeness (QED) is 0.620. The van der Waals surface area contributed by atoms with Crippen molar-refractivity contribution in [2.75, 3.05) is 0 Å². The molecule has 0 spiro atoms. The van der Waals surface area contributed by atoms with Crippen LogP contribution >= 0.6 is 0 Å². The minimum Gasteiger partial charge on any atom is -0.475 e. The van der Waals surface area contributed by atoms with E-state index < -0.39 is 10.9 Å². The van der Waals surface area contributed by atoms with Crippen molar-refractivity contribution in [2.45, 2.75) is 6.92 Å². The molecule has 0 saturated heterocycles. The topological polar surface area (TPSA) is 93.6 Å². The van der Waals surface area contributed by atoms with Crippen LogP contribution in [0.4, 0.5) is 5.69 Å². The zero-order chi connectivity index (χ0) is 11.9. The van der Waals surface area contributed by atoms with Crippen LogP contribution < -0.4 is 0 Å². The Morgan fingerprint density at radius 3 is 2.75 bits per heavy atom. The Hall–Kier alpha value is -2.37. The number of nitrogens with zero attached hydrogens (tertiary/aromatic N) is 1. The predicted molar refractivity (Wildman–Crippen MR) is 54.6 cm³/mol. The first-order chi connectivity index (χ1) is 7.52. The summed E-state index contributed by atoms with van der Waals surface area (Å²) in [5, 5.41) is 19.8. The molecule has 0 aliphatic heterocycles. The average Bonchev–Trinajstić information content (AvgIpc) is 2.56. The smallest absolute Gasteiger partial charge is 0.372 e. The maximum Gasteiger partial charge on any atom is 0.372 e. The number of benzene rings is 1. The van der Waals surface area contributed by atoms with Crippen molar-refractivity contribution >= 4 is 22.6 Å². The maximum atomic E-state index is 10.8. The number of rotatable bonds is 2. The van der Waals surface area contributed by atoms with Crippen LogP contribution in [0.15, 0.2) is 22.6 Å². The lowest BCUT2D eigenvalue weighted by molar-refractivity contribution is -0.383. The zero-order valence-electron chi connectivity index (χ0n) is 8.26. The summed E-state index contributed by atoms with van der Waals surface area (Å²) in [5.41, 5.74) is 0.338. The highest BCUT2D eigenvalue weighted by Crippen LogP contribution is 2.32. The van der Waals surface area contributed by atoms with Crippen LogP contribution in [0.5, 0.6) is 0 Å². The van der Waals surface area contributed by atoms with E-state index in [0.717, 1.165) is 0 Å². The van der Waals surface area contributed by atoms with E-state index >= 15 is 0 Å². The maximum absolute atomic E-state index is 10.8. The molecule has 82 valence electrons. The van der Waals surface area contributed by atoms with E-state index in [4.69, 9.17) is 9.52 Å². The first-order valence-electron chi connectivity index (χ1n) is 4.42. The minimum absolute atomic E-state index is 0.147. The van der Waals surface area contributed by atoms with Gasteiger partial charge in [-0.1, -0.05) is 6.07 Å². The van der Waals surface area contributed by atoms with Crippen molar-refractivity contribution < 1.29 is 19.2 Å². The van der Waals surface area contributed by atoms with Gasteiger partial charge in [-0.2, -0.15) is 0 Å². The number of hydrogen-bond donors (Lipinski definition) is 1. The van der Waals surface area contributed by atoms with Crippen molar-refractivity contribution in [3.63, 3.8) is 0 Å². The Labute approximate surface area is 89.2 Å². The normalized spacial score (nSPS) is 10.6. The van der Waals surface area contributed by atoms with Crippen LogP contribution in [0.3, 0.4) is 0 Å². The van der Waals surface area contributed by atoms with Gasteiger partial charge in [0.2, 0.25) is 5.76 Å². The van der Waals surface area contributed by atoms with E-state index in [0.29, 0.717) is 0 Å². The van der Waals surface area contributed by atoms with Gasteiger partial charge in [0.1, 0.15) is 11.0 Å². The molecule has 1 heterocycles. The van der Waals surface area contributed by atoms with Crippen LogP contribution in [0.1, 0.15) is 16.1 Å². The van der Waals surface area contributed by atoms with Crippen molar-refractivity contribution in [3.8, 4) is 0 Å². The molecule has 0 amide bonds. The van der Waals surface area contributed by atoms with Gasteiger partial charge in [0, 0.05) is 11.6 Å². The third-order valence-electron chi connectivity index (χ3n) is 2.32. The highest BCUT2D eigenvalue weighted by atomic mass is 16.6. The van der Waals surface area contributed by atoms with Gasteiger partial charge in [-0.3, -0.25) is 10.1 Å². The number of carboxylic acids is 1. The third kappa shape index (κ3) is 1.31. The molecule has 0 saturated carbocycles. The first-order valence-corrected chi connectivity index (χ1v) is 4.42. The van der Waals surface area contributed by atoms with Gasteiger partial charge in [-0.25, -0.2) is 4.79 Å². The van der Waals surface area contributed by atoms with Gasteiger partial charge >= 0.3 is 5.97 Å². The van der Waals surface area contributed by atoms with E-state index in [9.17, 15) is 14.9 Å². The van der Waals surface area contributed by atoms with Crippen molar-refractivity contribution in [3.05, 3.63) is 39.6 Å².